The Labute approximate surface area is 182 Å². The second-order valence-corrected chi connectivity index (χ2v) is 7.96. The normalized spacial score (nSPS) is 12.1. The van der Waals surface area contributed by atoms with Gasteiger partial charge in [0, 0.05) is 0 Å². The molecule has 1 heterocycles. The van der Waals surface area contributed by atoms with Crippen molar-refractivity contribution in [1.82, 2.24) is 9.55 Å². The third kappa shape index (κ3) is 5.06. The topological polar surface area (TPSA) is 56.5 Å². The highest BCUT2D eigenvalue weighted by molar-refractivity contribution is 5.75. The van der Waals surface area contributed by atoms with Crippen LogP contribution in [0.15, 0.2) is 66.7 Å². The van der Waals surface area contributed by atoms with E-state index in [9.17, 15) is 5.11 Å². The maximum atomic E-state index is 10.7. The lowest BCUT2D eigenvalue weighted by Gasteiger charge is -2.16. The number of aliphatic hydroxyl groups is 1. The third-order valence-corrected chi connectivity index (χ3v) is 5.28. The predicted octanol–water partition coefficient (Wildman–Crippen LogP) is 4.98. The van der Waals surface area contributed by atoms with Gasteiger partial charge in [-0.05, 0) is 56.7 Å². The van der Waals surface area contributed by atoms with Gasteiger partial charge in [-0.1, -0.05) is 47.5 Å². The van der Waals surface area contributed by atoms with Gasteiger partial charge in [0.2, 0.25) is 0 Å². The van der Waals surface area contributed by atoms with Crippen LogP contribution in [0.25, 0.3) is 11.0 Å². The summed E-state index contributed by atoms with van der Waals surface area (Å²) in [6, 6.07) is 21.9. The summed E-state index contributed by atoms with van der Waals surface area (Å²) in [6.07, 6.45) is -0.682. The Morgan fingerprint density at radius 1 is 0.903 bits per heavy atom. The minimum absolute atomic E-state index is 0.201. The fraction of sp³-hybridized carbons (Fsp3) is 0.269. The first kappa shape index (κ1) is 20.9. The van der Waals surface area contributed by atoms with Crippen molar-refractivity contribution in [3.63, 3.8) is 0 Å². The largest absolute Gasteiger partial charge is 0.491 e. The van der Waals surface area contributed by atoms with Crippen LogP contribution in [0.4, 0.5) is 0 Å². The van der Waals surface area contributed by atoms with E-state index in [-0.39, 0.29) is 6.61 Å². The maximum absolute atomic E-state index is 10.7. The molecule has 160 valence electrons. The molecule has 0 spiro atoms. The highest BCUT2D eigenvalue weighted by Crippen LogP contribution is 2.22. The molecular formula is C26H28N2O3. The van der Waals surface area contributed by atoms with Gasteiger partial charge in [-0.15, -0.1) is 0 Å². The fourth-order valence-electron chi connectivity index (χ4n) is 3.63. The molecule has 0 aliphatic heterocycles. The standard InChI is InChI=1S/C26H28N2O3/c1-18-8-11-22(12-9-18)30-16-21(29)15-28-24-7-5-4-6-23(24)27-26(28)17-31-25-13-10-19(2)14-20(25)3/h4-14,21,29H,15-17H2,1-3H3. The van der Waals surface area contributed by atoms with Crippen LogP contribution >= 0.6 is 0 Å². The molecule has 4 aromatic rings. The molecule has 3 aromatic carbocycles. The van der Waals surface area contributed by atoms with Crippen LogP contribution in [-0.2, 0) is 13.2 Å². The first-order valence-corrected chi connectivity index (χ1v) is 10.5. The van der Waals surface area contributed by atoms with Crippen molar-refractivity contribution in [2.45, 2.75) is 40.0 Å². The van der Waals surface area contributed by atoms with E-state index in [0.717, 1.165) is 33.9 Å². The molecular weight excluding hydrogens is 388 g/mol. The second-order valence-electron chi connectivity index (χ2n) is 7.96. The molecule has 1 N–H and O–H groups in total. The highest BCUT2D eigenvalue weighted by Gasteiger charge is 2.16. The molecule has 0 amide bonds. The zero-order valence-electron chi connectivity index (χ0n) is 18.2. The molecule has 0 saturated carbocycles. The first-order chi connectivity index (χ1) is 15.0. The van der Waals surface area contributed by atoms with E-state index in [1.165, 1.54) is 11.1 Å². The lowest BCUT2D eigenvalue weighted by atomic mass is 10.1. The SMILES string of the molecule is Cc1ccc(OCC(O)Cn2c(COc3ccc(C)cc3C)nc3ccccc32)cc1. The number of aryl methyl sites for hydroxylation is 3. The second kappa shape index (κ2) is 9.23. The number of rotatable bonds is 8. The average molecular weight is 417 g/mol. The molecule has 5 heteroatoms. The lowest BCUT2D eigenvalue weighted by Crippen LogP contribution is -2.25. The van der Waals surface area contributed by atoms with Crippen LogP contribution in [0, 0.1) is 20.8 Å². The van der Waals surface area contributed by atoms with Crippen molar-refractivity contribution in [3.05, 3.63) is 89.2 Å². The summed E-state index contributed by atoms with van der Waals surface area (Å²) < 4.78 is 13.9. The monoisotopic (exact) mass is 416 g/mol. The van der Waals surface area contributed by atoms with Crippen molar-refractivity contribution in [3.8, 4) is 11.5 Å². The zero-order chi connectivity index (χ0) is 21.8. The summed E-state index contributed by atoms with van der Waals surface area (Å²) in [7, 11) is 0. The number of aromatic nitrogens is 2. The number of benzene rings is 3. The van der Waals surface area contributed by atoms with Crippen molar-refractivity contribution in [2.75, 3.05) is 6.61 Å². The molecule has 0 fully saturated rings. The Bertz CT molecular complexity index is 1170. The molecule has 0 aliphatic rings. The zero-order valence-corrected chi connectivity index (χ0v) is 18.2. The lowest BCUT2D eigenvalue weighted by molar-refractivity contribution is 0.0917. The van der Waals surface area contributed by atoms with Crippen molar-refractivity contribution < 1.29 is 14.6 Å². The molecule has 4 rings (SSSR count). The molecule has 0 radical (unpaired) electrons. The Morgan fingerprint density at radius 3 is 2.42 bits per heavy atom. The smallest absolute Gasteiger partial charge is 0.148 e. The highest BCUT2D eigenvalue weighted by atomic mass is 16.5. The summed E-state index contributed by atoms with van der Waals surface area (Å²) in [5, 5.41) is 10.7. The van der Waals surface area contributed by atoms with E-state index in [0.29, 0.717) is 13.2 Å². The van der Waals surface area contributed by atoms with Crippen LogP contribution in [-0.4, -0.2) is 27.4 Å². The van der Waals surface area contributed by atoms with Gasteiger partial charge in [0.1, 0.15) is 36.6 Å². The molecule has 0 bridgehead atoms. The molecule has 1 atom stereocenters. The molecule has 5 nitrogen and oxygen atoms in total. The molecule has 1 unspecified atom stereocenters. The van der Waals surface area contributed by atoms with Gasteiger partial charge in [0.15, 0.2) is 0 Å². The fourth-order valence-corrected chi connectivity index (χ4v) is 3.63. The van der Waals surface area contributed by atoms with Gasteiger partial charge in [0.25, 0.3) is 0 Å². The van der Waals surface area contributed by atoms with Crippen molar-refractivity contribution in [2.24, 2.45) is 0 Å². The van der Waals surface area contributed by atoms with Gasteiger partial charge in [-0.3, -0.25) is 0 Å². The Kier molecular flexibility index (Phi) is 6.23. The summed E-state index contributed by atoms with van der Waals surface area (Å²) in [5.41, 5.74) is 5.32. The summed E-state index contributed by atoms with van der Waals surface area (Å²) >= 11 is 0. The minimum atomic E-state index is -0.682. The van der Waals surface area contributed by atoms with Crippen LogP contribution in [0.2, 0.25) is 0 Å². The number of nitrogens with zero attached hydrogens (tertiary/aromatic N) is 2. The minimum Gasteiger partial charge on any atom is -0.491 e. The van der Waals surface area contributed by atoms with E-state index >= 15 is 0 Å². The number of aliphatic hydroxyl groups excluding tert-OH is 1. The summed E-state index contributed by atoms with van der Waals surface area (Å²) in [6.45, 7) is 7.03. The first-order valence-electron chi connectivity index (χ1n) is 10.5. The van der Waals surface area contributed by atoms with E-state index in [1.54, 1.807) is 0 Å². The van der Waals surface area contributed by atoms with Crippen molar-refractivity contribution >= 4 is 11.0 Å². The molecule has 31 heavy (non-hydrogen) atoms. The molecule has 0 aliphatic carbocycles. The Morgan fingerprint density at radius 2 is 1.65 bits per heavy atom. The van der Waals surface area contributed by atoms with Crippen LogP contribution in [0.3, 0.4) is 0 Å². The number of hydrogen-bond donors (Lipinski definition) is 1. The van der Waals surface area contributed by atoms with Crippen LogP contribution in [0.5, 0.6) is 11.5 Å². The van der Waals surface area contributed by atoms with Crippen molar-refractivity contribution in [1.29, 1.82) is 0 Å². The van der Waals surface area contributed by atoms with Crippen LogP contribution < -0.4 is 9.47 Å². The molecule has 1 aromatic heterocycles. The van der Waals surface area contributed by atoms with Gasteiger partial charge in [0.05, 0.1) is 17.6 Å². The summed E-state index contributed by atoms with van der Waals surface area (Å²) in [4.78, 5) is 4.74. The Balaban J connectivity index is 1.49. The average Bonchev–Trinajstić information content (AvgIpc) is 3.10. The van der Waals surface area contributed by atoms with E-state index in [2.05, 4.69) is 13.0 Å². The van der Waals surface area contributed by atoms with Gasteiger partial charge in [-0.2, -0.15) is 0 Å². The quantitative estimate of drug-likeness (QED) is 0.440. The molecule has 0 saturated heterocycles. The third-order valence-electron chi connectivity index (χ3n) is 5.28. The van der Waals surface area contributed by atoms with E-state index < -0.39 is 6.10 Å². The van der Waals surface area contributed by atoms with E-state index in [1.807, 2.05) is 79.1 Å². The van der Waals surface area contributed by atoms with E-state index in [4.69, 9.17) is 14.5 Å². The summed E-state index contributed by atoms with van der Waals surface area (Å²) in [5.74, 6) is 2.36. The maximum Gasteiger partial charge on any atom is 0.148 e. The number of fused-ring (bicyclic) bond motifs is 1. The number of hydrogen-bond acceptors (Lipinski definition) is 4. The van der Waals surface area contributed by atoms with Gasteiger partial charge < -0.3 is 19.1 Å². The number of para-hydroxylation sites is 2. The number of imidazole rings is 1. The number of ether oxygens (including phenoxy) is 2. The van der Waals surface area contributed by atoms with Crippen LogP contribution in [0.1, 0.15) is 22.5 Å². The van der Waals surface area contributed by atoms with Gasteiger partial charge >= 0.3 is 0 Å². The van der Waals surface area contributed by atoms with Gasteiger partial charge in [-0.25, -0.2) is 4.98 Å². The Hall–Kier alpha value is -3.31. The predicted molar refractivity (Wildman–Crippen MR) is 123 cm³/mol.